The first-order valence-corrected chi connectivity index (χ1v) is 12.9. The van der Waals surface area contributed by atoms with Gasteiger partial charge in [0.2, 0.25) is 22.7 Å². The smallest absolute Gasteiger partial charge is 0.243 e. The SMILES string of the molecule is CC(C)Cc1ccc(S(=O)(=O)N2CCC(C)(C(=O)NCc3ccc4c(c3)OCO4)CC2)cc1. The molecule has 4 rings (SSSR count). The highest BCUT2D eigenvalue weighted by Gasteiger charge is 2.40. The minimum Gasteiger partial charge on any atom is -0.454 e. The lowest BCUT2D eigenvalue weighted by Crippen LogP contribution is -2.48. The number of rotatable bonds is 7. The minimum absolute atomic E-state index is 0.0600. The Morgan fingerprint density at radius 3 is 2.33 bits per heavy atom. The highest BCUT2D eigenvalue weighted by Crippen LogP contribution is 2.35. The highest BCUT2D eigenvalue weighted by molar-refractivity contribution is 7.89. The Hall–Kier alpha value is -2.58. The summed E-state index contributed by atoms with van der Waals surface area (Å²) in [4.78, 5) is 13.3. The number of carbonyl (C=O) groups excluding carboxylic acids is 1. The van der Waals surface area contributed by atoms with Gasteiger partial charge in [0.15, 0.2) is 11.5 Å². The number of nitrogens with zero attached hydrogens (tertiary/aromatic N) is 1. The van der Waals surface area contributed by atoms with E-state index in [-0.39, 0.29) is 12.7 Å². The van der Waals surface area contributed by atoms with Crippen molar-refractivity contribution in [1.82, 2.24) is 9.62 Å². The van der Waals surface area contributed by atoms with Gasteiger partial charge in [-0.25, -0.2) is 8.42 Å². The Morgan fingerprint density at radius 2 is 1.67 bits per heavy atom. The van der Waals surface area contributed by atoms with Crippen LogP contribution in [0.25, 0.3) is 0 Å². The minimum atomic E-state index is -3.57. The summed E-state index contributed by atoms with van der Waals surface area (Å²) in [7, 11) is -3.57. The zero-order chi connectivity index (χ0) is 23.6. The molecule has 33 heavy (non-hydrogen) atoms. The van der Waals surface area contributed by atoms with E-state index in [1.54, 1.807) is 12.1 Å². The summed E-state index contributed by atoms with van der Waals surface area (Å²) in [6.07, 6.45) is 1.87. The Kier molecular flexibility index (Phi) is 6.68. The number of fused-ring (bicyclic) bond motifs is 1. The third kappa shape index (κ3) is 5.17. The van der Waals surface area contributed by atoms with Gasteiger partial charge in [-0.3, -0.25) is 4.79 Å². The Labute approximate surface area is 196 Å². The molecule has 0 aliphatic carbocycles. The molecule has 0 bridgehead atoms. The van der Waals surface area contributed by atoms with Crippen molar-refractivity contribution < 1.29 is 22.7 Å². The third-order valence-corrected chi connectivity index (χ3v) is 8.38. The van der Waals surface area contributed by atoms with Gasteiger partial charge in [0.25, 0.3) is 0 Å². The van der Waals surface area contributed by atoms with E-state index in [2.05, 4.69) is 19.2 Å². The van der Waals surface area contributed by atoms with Gasteiger partial charge >= 0.3 is 0 Å². The van der Waals surface area contributed by atoms with E-state index in [1.165, 1.54) is 4.31 Å². The molecular weight excluding hydrogens is 440 g/mol. The fourth-order valence-corrected chi connectivity index (χ4v) is 5.75. The molecule has 7 nitrogen and oxygen atoms in total. The van der Waals surface area contributed by atoms with Gasteiger partial charge in [0, 0.05) is 25.0 Å². The van der Waals surface area contributed by atoms with Crippen molar-refractivity contribution in [2.75, 3.05) is 19.9 Å². The van der Waals surface area contributed by atoms with Crippen molar-refractivity contribution in [2.24, 2.45) is 11.3 Å². The normalized spacial score (nSPS) is 17.8. The average molecular weight is 473 g/mol. The number of amides is 1. The Bertz CT molecular complexity index is 1100. The van der Waals surface area contributed by atoms with Gasteiger partial charge in [-0.2, -0.15) is 4.31 Å². The van der Waals surface area contributed by atoms with Gasteiger partial charge < -0.3 is 14.8 Å². The van der Waals surface area contributed by atoms with Crippen LogP contribution in [0.1, 0.15) is 44.7 Å². The first kappa shape index (κ1) is 23.6. The molecule has 1 amide bonds. The molecular formula is C25H32N2O5S. The van der Waals surface area contributed by atoms with Gasteiger partial charge in [-0.15, -0.1) is 0 Å². The maximum atomic E-state index is 13.1. The standard InChI is InChI=1S/C25H32N2O5S/c1-18(2)14-19-4-7-21(8-5-19)33(29,30)27-12-10-25(3,11-13-27)24(28)26-16-20-6-9-22-23(15-20)32-17-31-22/h4-9,15,18H,10-14,16-17H2,1-3H3,(H,26,28). The van der Waals surface area contributed by atoms with Crippen LogP contribution in [0.2, 0.25) is 0 Å². The lowest BCUT2D eigenvalue weighted by Gasteiger charge is -2.37. The van der Waals surface area contributed by atoms with Crippen molar-refractivity contribution in [1.29, 1.82) is 0 Å². The molecule has 2 aliphatic rings. The summed E-state index contributed by atoms with van der Waals surface area (Å²) in [6, 6.07) is 12.8. The van der Waals surface area contributed by atoms with Crippen LogP contribution in [0, 0.1) is 11.3 Å². The predicted octanol–water partition coefficient (Wildman–Crippen LogP) is 3.72. The maximum Gasteiger partial charge on any atom is 0.243 e. The Balaban J connectivity index is 1.34. The summed E-state index contributed by atoms with van der Waals surface area (Å²) >= 11 is 0. The van der Waals surface area contributed by atoms with E-state index in [9.17, 15) is 13.2 Å². The van der Waals surface area contributed by atoms with Gasteiger partial charge in [0.05, 0.1) is 4.90 Å². The number of hydrogen-bond donors (Lipinski definition) is 1. The molecule has 178 valence electrons. The number of carbonyl (C=O) groups is 1. The number of benzene rings is 2. The first-order chi connectivity index (χ1) is 15.7. The largest absolute Gasteiger partial charge is 0.454 e. The molecule has 1 fully saturated rings. The zero-order valence-corrected chi connectivity index (χ0v) is 20.3. The predicted molar refractivity (Wildman–Crippen MR) is 125 cm³/mol. The maximum absolute atomic E-state index is 13.1. The van der Waals surface area contributed by atoms with Crippen molar-refractivity contribution in [2.45, 2.75) is 51.5 Å². The Morgan fingerprint density at radius 1 is 1.03 bits per heavy atom. The van der Waals surface area contributed by atoms with Gasteiger partial charge in [-0.1, -0.05) is 39.0 Å². The van der Waals surface area contributed by atoms with Crippen LogP contribution in [0.4, 0.5) is 0 Å². The molecule has 0 aromatic heterocycles. The molecule has 2 heterocycles. The van der Waals surface area contributed by atoms with E-state index in [1.807, 2.05) is 37.3 Å². The molecule has 2 aromatic carbocycles. The van der Waals surface area contributed by atoms with Crippen LogP contribution in [-0.2, 0) is 27.8 Å². The first-order valence-electron chi connectivity index (χ1n) is 11.4. The van der Waals surface area contributed by atoms with Crippen LogP contribution in [0.15, 0.2) is 47.4 Å². The van der Waals surface area contributed by atoms with Crippen LogP contribution in [0.5, 0.6) is 11.5 Å². The summed E-state index contributed by atoms with van der Waals surface area (Å²) in [5, 5.41) is 3.00. The van der Waals surface area contributed by atoms with Crippen molar-refractivity contribution in [3.8, 4) is 11.5 Å². The molecule has 1 saturated heterocycles. The van der Waals surface area contributed by atoms with E-state index in [4.69, 9.17) is 9.47 Å². The van der Waals surface area contributed by atoms with Gasteiger partial charge in [0.1, 0.15) is 0 Å². The number of sulfonamides is 1. The lowest BCUT2D eigenvalue weighted by molar-refractivity contribution is -0.132. The second kappa shape index (κ2) is 9.35. The molecule has 2 aromatic rings. The molecule has 0 unspecified atom stereocenters. The molecule has 0 saturated carbocycles. The number of piperidine rings is 1. The molecule has 0 atom stereocenters. The highest BCUT2D eigenvalue weighted by atomic mass is 32.2. The van der Waals surface area contributed by atoms with E-state index in [0.29, 0.717) is 54.8 Å². The molecule has 0 spiro atoms. The van der Waals surface area contributed by atoms with E-state index < -0.39 is 15.4 Å². The number of hydrogen-bond acceptors (Lipinski definition) is 5. The van der Waals surface area contributed by atoms with Crippen LogP contribution >= 0.6 is 0 Å². The van der Waals surface area contributed by atoms with E-state index in [0.717, 1.165) is 17.5 Å². The topological polar surface area (TPSA) is 84.9 Å². The van der Waals surface area contributed by atoms with Crippen LogP contribution in [0.3, 0.4) is 0 Å². The second-order valence-electron chi connectivity index (χ2n) is 9.58. The van der Waals surface area contributed by atoms with Crippen LogP contribution < -0.4 is 14.8 Å². The third-order valence-electron chi connectivity index (χ3n) is 6.47. The van der Waals surface area contributed by atoms with Crippen molar-refractivity contribution in [3.63, 3.8) is 0 Å². The van der Waals surface area contributed by atoms with E-state index >= 15 is 0 Å². The number of ether oxygens (including phenoxy) is 2. The lowest BCUT2D eigenvalue weighted by atomic mass is 9.80. The van der Waals surface area contributed by atoms with Crippen molar-refractivity contribution in [3.05, 3.63) is 53.6 Å². The average Bonchev–Trinajstić information content (AvgIpc) is 3.25. The second-order valence-corrected chi connectivity index (χ2v) is 11.5. The zero-order valence-electron chi connectivity index (χ0n) is 19.5. The molecule has 0 radical (unpaired) electrons. The summed E-state index contributed by atoms with van der Waals surface area (Å²) in [6.45, 7) is 7.43. The van der Waals surface area contributed by atoms with Crippen molar-refractivity contribution >= 4 is 15.9 Å². The monoisotopic (exact) mass is 472 g/mol. The molecule has 2 aliphatic heterocycles. The summed E-state index contributed by atoms with van der Waals surface area (Å²) in [5.74, 6) is 1.85. The fraction of sp³-hybridized carbons (Fsp3) is 0.480. The summed E-state index contributed by atoms with van der Waals surface area (Å²) < 4.78 is 38.4. The number of nitrogens with one attached hydrogen (secondary N) is 1. The fourth-order valence-electron chi connectivity index (χ4n) is 4.31. The molecule has 8 heteroatoms. The van der Waals surface area contributed by atoms with Gasteiger partial charge in [-0.05, 0) is 60.6 Å². The quantitative estimate of drug-likeness (QED) is 0.664. The summed E-state index contributed by atoms with van der Waals surface area (Å²) in [5.41, 5.74) is 1.45. The molecule has 1 N–H and O–H groups in total. The van der Waals surface area contributed by atoms with Crippen LogP contribution in [-0.4, -0.2) is 38.5 Å².